The van der Waals surface area contributed by atoms with Gasteiger partial charge in [-0.1, -0.05) is 11.6 Å². The number of aromatic nitrogens is 1. The monoisotopic (exact) mass is 344 g/mol. The van der Waals surface area contributed by atoms with Crippen molar-refractivity contribution in [1.82, 2.24) is 10.3 Å². The summed E-state index contributed by atoms with van der Waals surface area (Å²) in [6.45, 7) is 2.36. The number of rotatable bonds is 3. The van der Waals surface area contributed by atoms with Gasteiger partial charge in [-0.3, -0.25) is 4.79 Å². The van der Waals surface area contributed by atoms with Crippen LogP contribution in [0, 0.1) is 6.92 Å². The second kappa shape index (κ2) is 5.82. The minimum Gasteiger partial charge on any atom is -0.346 e. The summed E-state index contributed by atoms with van der Waals surface area (Å²) >= 11 is 10.8. The molecule has 0 radical (unpaired) electrons. The molecule has 2 aromatic rings. The molecule has 3 nitrogen and oxygen atoms in total. The maximum Gasteiger partial charge on any atom is 0.251 e. The molecule has 1 heterocycles. The fraction of sp³-hybridized carbons (Fsp3) is 0.167. The normalized spacial score (nSPS) is 10.4. The molecule has 6 heteroatoms. The van der Waals surface area contributed by atoms with Gasteiger partial charge in [0.2, 0.25) is 0 Å². The van der Waals surface area contributed by atoms with Crippen LogP contribution < -0.4 is 5.32 Å². The van der Waals surface area contributed by atoms with E-state index < -0.39 is 0 Å². The Balaban J connectivity index is 2.01. The molecule has 1 N–H and O–H groups in total. The Kier molecular flexibility index (Phi) is 4.37. The molecule has 1 aromatic heterocycles. The van der Waals surface area contributed by atoms with Crippen LogP contribution in [0.2, 0.25) is 5.02 Å². The smallest absolute Gasteiger partial charge is 0.251 e. The lowest BCUT2D eigenvalue weighted by atomic mass is 10.2. The molecule has 0 saturated carbocycles. The van der Waals surface area contributed by atoms with Crippen LogP contribution in [0.1, 0.15) is 21.1 Å². The molecule has 0 saturated heterocycles. The first-order valence-electron chi connectivity index (χ1n) is 5.20. The molecule has 0 bridgehead atoms. The summed E-state index contributed by atoms with van der Waals surface area (Å²) < 4.78 is 0.774. The van der Waals surface area contributed by atoms with Crippen molar-refractivity contribution in [3.8, 4) is 0 Å². The van der Waals surface area contributed by atoms with E-state index in [4.69, 9.17) is 11.6 Å². The third-order valence-corrected chi connectivity index (χ3v) is 4.45. The Morgan fingerprint density at radius 3 is 2.94 bits per heavy atom. The van der Waals surface area contributed by atoms with Crippen molar-refractivity contribution in [2.24, 2.45) is 0 Å². The first-order valence-corrected chi connectivity index (χ1v) is 7.25. The molecule has 0 aliphatic carbocycles. The van der Waals surface area contributed by atoms with Crippen molar-refractivity contribution in [3.63, 3.8) is 0 Å². The third kappa shape index (κ3) is 3.31. The highest BCUT2D eigenvalue weighted by atomic mass is 79.9. The van der Waals surface area contributed by atoms with Crippen LogP contribution in [-0.4, -0.2) is 10.9 Å². The quantitative estimate of drug-likeness (QED) is 0.919. The maximum atomic E-state index is 11.9. The van der Waals surface area contributed by atoms with Gasteiger partial charge in [0, 0.05) is 21.1 Å². The van der Waals surface area contributed by atoms with Gasteiger partial charge in [0.25, 0.3) is 5.91 Å². The lowest BCUT2D eigenvalue weighted by molar-refractivity contribution is 0.0951. The average Bonchev–Trinajstić information content (AvgIpc) is 2.75. The molecule has 2 rings (SSSR count). The van der Waals surface area contributed by atoms with Crippen molar-refractivity contribution in [2.75, 3.05) is 0 Å². The highest BCUT2D eigenvalue weighted by molar-refractivity contribution is 9.10. The van der Waals surface area contributed by atoms with Gasteiger partial charge in [-0.05, 0) is 41.1 Å². The number of hydrogen-bond donors (Lipinski definition) is 1. The first-order chi connectivity index (χ1) is 8.56. The van der Waals surface area contributed by atoms with Gasteiger partial charge in [0.05, 0.1) is 11.6 Å². The van der Waals surface area contributed by atoms with Crippen molar-refractivity contribution >= 4 is 44.8 Å². The van der Waals surface area contributed by atoms with E-state index in [1.807, 2.05) is 12.3 Å². The van der Waals surface area contributed by atoms with Gasteiger partial charge in [0.15, 0.2) is 0 Å². The number of carbonyl (C=O) groups excluding carboxylic acids is 1. The van der Waals surface area contributed by atoms with Gasteiger partial charge < -0.3 is 5.32 Å². The molecule has 0 spiro atoms. The van der Waals surface area contributed by atoms with Gasteiger partial charge in [0.1, 0.15) is 5.01 Å². The van der Waals surface area contributed by atoms with E-state index in [0.717, 1.165) is 15.2 Å². The Morgan fingerprint density at radius 1 is 1.56 bits per heavy atom. The maximum absolute atomic E-state index is 11.9. The number of hydrogen-bond acceptors (Lipinski definition) is 3. The first kappa shape index (κ1) is 13.5. The van der Waals surface area contributed by atoms with Crippen LogP contribution in [-0.2, 0) is 6.54 Å². The minimum atomic E-state index is -0.155. The molecule has 0 atom stereocenters. The second-order valence-electron chi connectivity index (χ2n) is 3.69. The molecule has 18 heavy (non-hydrogen) atoms. The minimum absolute atomic E-state index is 0.155. The van der Waals surface area contributed by atoms with E-state index in [1.54, 1.807) is 18.2 Å². The summed E-state index contributed by atoms with van der Waals surface area (Å²) in [5.41, 5.74) is 1.51. The molecule has 0 aliphatic rings. The molecule has 0 unspecified atom stereocenters. The van der Waals surface area contributed by atoms with E-state index in [-0.39, 0.29) is 5.91 Å². The van der Waals surface area contributed by atoms with E-state index >= 15 is 0 Å². The van der Waals surface area contributed by atoms with Crippen molar-refractivity contribution in [3.05, 3.63) is 49.3 Å². The van der Waals surface area contributed by atoms with Gasteiger partial charge in [-0.2, -0.15) is 0 Å². The summed E-state index contributed by atoms with van der Waals surface area (Å²) in [6, 6.07) is 5.11. The Labute approximate surface area is 122 Å². The van der Waals surface area contributed by atoms with E-state index in [2.05, 4.69) is 26.2 Å². The molecule has 94 valence electrons. The van der Waals surface area contributed by atoms with Crippen LogP contribution in [0.25, 0.3) is 0 Å². The van der Waals surface area contributed by atoms with E-state index in [0.29, 0.717) is 17.1 Å². The van der Waals surface area contributed by atoms with Crippen molar-refractivity contribution in [1.29, 1.82) is 0 Å². The standard InChI is InChI=1S/C12H10BrClN2OS/c1-7-6-18-11(16-7)5-15-12(17)8-2-3-9(13)10(14)4-8/h2-4,6H,5H2,1H3,(H,15,17). The SMILES string of the molecule is Cc1csc(CNC(=O)c2ccc(Br)c(Cl)c2)n1. The fourth-order valence-electron chi connectivity index (χ4n) is 1.38. The number of nitrogens with one attached hydrogen (secondary N) is 1. The second-order valence-corrected chi connectivity index (χ2v) is 5.90. The zero-order valence-electron chi connectivity index (χ0n) is 9.54. The highest BCUT2D eigenvalue weighted by Crippen LogP contribution is 2.23. The van der Waals surface area contributed by atoms with Gasteiger partial charge >= 0.3 is 0 Å². The van der Waals surface area contributed by atoms with E-state index in [1.165, 1.54) is 11.3 Å². The average molecular weight is 346 g/mol. The zero-order chi connectivity index (χ0) is 13.1. The highest BCUT2D eigenvalue weighted by Gasteiger charge is 2.08. The van der Waals surface area contributed by atoms with E-state index in [9.17, 15) is 4.79 Å². The molecular weight excluding hydrogens is 336 g/mol. The Bertz CT molecular complexity index is 585. The number of amides is 1. The van der Waals surface area contributed by atoms with Crippen LogP contribution in [0.5, 0.6) is 0 Å². The molecular formula is C12H10BrClN2OS. The topological polar surface area (TPSA) is 42.0 Å². The third-order valence-electron chi connectivity index (χ3n) is 2.25. The number of halogens is 2. The number of carbonyl (C=O) groups is 1. The van der Waals surface area contributed by atoms with Crippen LogP contribution in [0.4, 0.5) is 0 Å². The fourth-order valence-corrected chi connectivity index (χ4v) is 2.52. The predicted octanol–water partition coefficient (Wildman–Crippen LogP) is 3.80. The van der Waals surface area contributed by atoms with Crippen molar-refractivity contribution in [2.45, 2.75) is 13.5 Å². The van der Waals surface area contributed by atoms with Crippen molar-refractivity contribution < 1.29 is 4.79 Å². The molecule has 1 aromatic carbocycles. The van der Waals surface area contributed by atoms with Gasteiger partial charge in [-0.25, -0.2) is 4.98 Å². The van der Waals surface area contributed by atoms with Gasteiger partial charge in [-0.15, -0.1) is 11.3 Å². The number of benzene rings is 1. The lowest BCUT2D eigenvalue weighted by Gasteiger charge is -2.04. The predicted molar refractivity (Wildman–Crippen MR) is 77.2 cm³/mol. The van der Waals surface area contributed by atoms with Crippen LogP contribution in [0.3, 0.4) is 0 Å². The summed E-state index contributed by atoms with van der Waals surface area (Å²) in [4.78, 5) is 16.2. The summed E-state index contributed by atoms with van der Waals surface area (Å²) in [5.74, 6) is -0.155. The molecule has 1 amide bonds. The van der Waals surface area contributed by atoms with Crippen LogP contribution >= 0.6 is 38.9 Å². The Hall–Kier alpha value is -0.910. The molecule has 0 aliphatic heterocycles. The summed E-state index contributed by atoms with van der Waals surface area (Å²) in [5, 5.41) is 6.18. The number of thiazole rings is 1. The largest absolute Gasteiger partial charge is 0.346 e. The number of nitrogens with zero attached hydrogens (tertiary/aromatic N) is 1. The summed E-state index contributed by atoms with van der Waals surface area (Å²) in [7, 11) is 0. The Morgan fingerprint density at radius 2 is 2.33 bits per heavy atom. The lowest BCUT2D eigenvalue weighted by Crippen LogP contribution is -2.22. The number of aryl methyl sites for hydroxylation is 1. The molecule has 0 fully saturated rings. The van der Waals surface area contributed by atoms with Crippen LogP contribution in [0.15, 0.2) is 28.1 Å². The zero-order valence-corrected chi connectivity index (χ0v) is 12.7. The summed E-state index contributed by atoms with van der Waals surface area (Å²) in [6.07, 6.45) is 0.